The van der Waals surface area contributed by atoms with Crippen molar-refractivity contribution in [3.05, 3.63) is 69.7 Å². The number of nitrogens with zero attached hydrogens (tertiary/aromatic N) is 1. The maximum absolute atomic E-state index is 12.7. The van der Waals surface area contributed by atoms with Crippen LogP contribution in [0.5, 0.6) is 0 Å². The topological polar surface area (TPSA) is 49.4 Å². The van der Waals surface area contributed by atoms with Gasteiger partial charge < -0.3 is 10.2 Å². The van der Waals surface area contributed by atoms with Crippen molar-refractivity contribution in [1.29, 1.82) is 0 Å². The zero-order chi connectivity index (χ0) is 17.1. The van der Waals surface area contributed by atoms with Crippen molar-refractivity contribution in [3.63, 3.8) is 0 Å². The summed E-state index contributed by atoms with van der Waals surface area (Å²) in [6.45, 7) is 0.931. The minimum Gasteiger partial charge on any atom is -0.352 e. The summed E-state index contributed by atoms with van der Waals surface area (Å²) in [6, 6.07) is 13.5. The van der Waals surface area contributed by atoms with Gasteiger partial charge in [-0.3, -0.25) is 9.59 Å². The highest BCUT2D eigenvalue weighted by atomic mass is 35.5. The molecule has 1 unspecified atom stereocenters. The summed E-state index contributed by atoms with van der Waals surface area (Å²) in [5.41, 5.74) is 1.62. The number of hydrogen-bond acceptors (Lipinski definition) is 2. The number of nitrogens with one attached hydrogen (secondary N) is 1. The molecule has 0 saturated carbocycles. The Hall–Kier alpha value is -2.04. The molecule has 1 heterocycles. The highest BCUT2D eigenvalue weighted by molar-refractivity contribution is 6.30. The van der Waals surface area contributed by atoms with Crippen LogP contribution in [0.1, 0.15) is 17.2 Å². The molecule has 2 amide bonds. The van der Waals surface area contributed by atoms with Crippen LogP contribution in [0.2, 0.25) is 10.0 Å². The van der Waals surface area contributed by atoms with Crippen molar-refractivity contribution < 1.29 is 9.59 Å². The number of rotatable bonds is 3. The molecule has 124 valence electrons. The minimum absolute atomic E-state index is 0.0906. The number of amides is 2. The van der Waals surface area contributed by atoms with Crippen LogP contribution in [-0.2, 0) is 16.0 Å². The van der Waals surface area contributed by atoms with Gasteiger partial charge in [0.15, 0.2) is 0 Å². The first-order chi connectivity index (χ1) is 11.5. The predicted octanol–water partition coefficient (Wildman–Crippen LogP) is 3.24. The molecule has 0 spiro atoms. The van der Waals surface area contributed by atoms with E-state index >= 15 is 0 Å². The van der Waals surface area contributed by atoms with Crippen molar-refractivity contribution in [2.24, 2.45) is 0 Å². The van der Waals surface area contributed by atoms with Gasteiger partial charge in [-0.2, -0.15) is 0 Å². The minimum atomic E-state index is -0.629. The van der Waals surface area contributed by atoms with Crippen molar-refractivity contribution in [2.75, 3.05) is 13.1 Å². The van der Waals surface area contributed by atoms with E-state index in [0.717, 1.165) is 11.1 Å². The molecule has 0 aromatic heterocycles. The van der Waals surface area contributed by atoms with Gasteiger partial charge in [0, 0.05) is 23.1 Å². The van der Waals surface area contributed by atoms with E-state index in [0.29, 0.717) is 23.1 Å². The second-order valence-corrected chi connectivity index (χ2v) is 6.51. The first kappa shape index (κ1) is 16.8. The van der Waals surface area contributed by atoms with E-state index in [9.17, 15) is 9.59 Å². The molecular formula is C18H16Cl2N2O2. The van der Waals surface area contributed by atoms with Crippen molar-refractivity contribution >= 4 is 35.0 Å². The van der Waals surface area contributed by atoms with Crippen molar-refractivity contribution in [3.8, 4) is 0 Å². The lowest BCUT2D eigenvalue weighted by molar-refractivity contribution is -0.143. The van der Waals surface area contributed by atoms with Gasteiger partial charge in [0.25, 0.3) is 0 Å². The first-order valence-corrected chi connectivity index (χ1v) is 8.37. The zero-order valence-corrected chi connectivity index (χ0v) is 14.3. The van der Waals surface area contributed by atoms with Gasteiger partial charge in [-0.1, -0.05) is 47.5 Å². The molecule has 1 aliphatic heterocycles. The molecule has 2 aromatic carbocycles. The molecule has 0 bridgehead atoms. The number of carbonyl (C=O) groups excluding carboxylic acids is 2. The molecule has 2 aromatic rings. The van der Waals surface area contributed by atoms with Gasteiger partial charge in [0.2, 0.25) is 11.8 Å². The molecule has 1 aliphatic rings. The third-order valence-corrected chi connectivity index (χ3v) is 4.49. The average molecular weight is 363 g/mol. The molecule has 3 rings (SSSR count). The van der Waals surface area contributed by atoms with E-state index in [2.05, 4.69) is 5.32 Å². The Morgan fingerprint density at radius 1 is 1.04 bits per heavy atom. The van der Waals surface area contributed by atoms with Crippen LogP contribution in [0.3, 0.4) is 0 Å². The van der Waals surface area contributed by atoms with E-state index < -0.39 is 6.04 Å². The van der Waals surface area contributed by atoms with E-state index in [-0.39, 0.29) is 18.2 Å². The van der Waals surface area contributed by atoms with Gasteiger partial charge in [-0.15, -0.1) is 0 Å². The lowest BCUT2D eigenvalue weighted by atomic mass is 10.0. The fourth-order valence-corrected chi connectivity index (χ4v) is 3.04. The summed E-state index contributed by atoms with van der Waals surface area (Å²) in [6.07, 6.45) is 0.231. The smallest absolute Gasteiger partial charge is 0.247 e. The number of hydrogen-bond donors (Lipinski definition) is 1. The number of halogens is 2. The van der Waals surface area contributed by atoms with Crippen LogP contribution in [0.15, 0.2) is 48.5 Å². The maximum Gasteiger partial charge on any atom is 0.247 e. The number of carbonyl (C=O) groups is 2. The Kier molecular flexibility index (Phi) is 5.07. The molecule has 0 radical (unpaired) electrons. The van der Waals surface area contributed by atoms with Gasteiger partial charge in [-0.05, 0) is 35.4 Å². The molecule has 1 fully saturated rings. The van der Waals surface area contributed by atoms with Crippen LogP contribution in [0, 0.1) is 0 Å². The molecular weight excluding hydrogens is 347 g/mol. The molecule has 24 heavy (non-hydrogen) atoms. The molecule has 1 saturated heterocycles. The van der Waals surface area contributed by atoms with Crippen LogP contribution < -0.4 is 5.32 Å². The van der Waals surface area contributed by atoms with Gasteiger partial charge >= 0.3 is 0 Å². The highest BCUT2D eigenvalue weighted by Crippen LogP contribution is 2.25. The third-order valence-electron chi connectivity index (χ3n) is 3.99. The third kappa shape index (κ3) is 3.71. The van der Waals surface area contributed by atoms with Gasteiger partial charge in [-0.25, -0.2) is 0 Å². The Labute approximate surface area is 150 Å². The predicted molar refractivity (Wildman–Crippen MR) is 94.1 cm³/mol. The fourth-order valence-electron chi connectivity index (χ4n) is 2.79. The highest BCUT2D eigenvalue weighted by Gasteiger charge is 2.34. The summed E-state index contributed by atoms with van der Waals surface area (Å²) < 4.78 is 0. The summed E-state index contributed by atoms with van der Waals surface area (Å²) in [5, 5.41) is 4.04. The van der Waals surface area contributed by atoms with E-state index in [1.54, 1.807) is 41.3 Å². The lowest BCUT2D eigenvalue weighted by Gasteiger charge is -2.35. The maximum atomic E-state index is 12.7. The second-order valence-electron chi connectivity index (χ2n) is 5.64. The van der Waals surface area contributed by atoms with E-state index in [1.807, 2.05) is 12.1 Å². The van der Waals surface area contributed by atoms with Gasteiger partial charge in [0.05, 0.1) is 6.42 Å². The summed E-state index contributed by atoms with van der Waals surface area (Å²) in [4.78, 5) is 26.7. The Morgan fingerprint density at radius 3 is 2.25 bits per heavy atom. The SMILES string of the molecule is O=C1NCCN(C(=O)Cc2ccc(Cl)cc2)C1c1ccc(Cl)cc1. The quantitative estimate of drug-likeness (QED) is 0.910. The largest absolute Gasteiger partial charge is 0.352 e. The Balaban J connectivity index is 1.82. The Bertz CT molecular complexity index is 745. The summed E-state index contributed by atoms with van der Waals surface area (Å²) >= 11 is 11.8. The zero-order valence-electron chi connectivity index (χ0n) is 12.8. The monoisotopic (exact) mass is 362 g/mol. The molecule has 1 N–H and O–H groups in total. The summed E-state index contributed by atoms with van der Waals surface area (Å²) in [5.74, 6) is -0.264. The first-order valence-electron chi connectivity index (χ1n) is 7.61. The lowest BCUT2D eigenvalue weighted by Crippen LogP contribution is -2.52. The molecule has 6 heteroatoms. The van der Waals surface area contributed by atoms with E-state index in [4.69, 9.17) is 23.2 Å². The van der Waals surface area contributed by atoms with Crippen LogP contribution in [0.25, 0.3) is 0 Å². The van der Waals surface area contributed by atoms with Crippen LogP contribution >= 0.6 is 23.2 Å². The molecule has 1 atom stereocenters. The molecule has 4 nitrogen and oxygen atoms in total. The normalized spacial score (nSPS) is 17.5. The fraction of sp³-hybridized carbons (Fsp3) is 0.222. The van der Waals surface area contributed by atoms with Crippen LogP contribution in [-0.4, -0.2) is 29.8 Å². The van der Waals surface area contributed by atoms with Crippen molar-refractivity contribution in [2.45, 2.75) is 12.5 Å². The summed E-state index contributed by atoms with van der Waals surface area (Å²) in [7, 11) is 0. The van der Waals surface area contributed by atoms with E-state index in [1.165, 1.54) is 0 Å². The number of benzene rings is 2. The van der Waals surface area contributed by atoms with Gasteiger partial charge in [0.1, 0.15) is 6.04 Å². The standard InChI is InChI=1S/C18H16Cl2N2O2/c19-14-5-1-12(2-6-14)11-16(23)22-10-9-21-18(24)17(22)13-3-7-15(20)8-4-13/h1-8,17H,9-11H2,(H,21,24). The average Bonchev–Trinajstić information content (AvgIpc) is 2.58. The van der Waals surface area contributed by atoms with Crippen molar-refractivity contribution in [1.82, 2.24) is 10.2 Å². The molecule has 0 aliphatic carbocycles. The second kappa shape index (κ2) is 7.24. The number of piperazine rings is 1. The Morgan fingerprint density at radius 2 is 1.62 bits per heavy atom. The van der Waals surface area contributed by atoms with Crippen LogP contribution in [0.4, 0.5) is 0 Å².